The summed E-state index contributed by atoms with van der Waals surface area (Å²) in [5, 5.41) is 3.97. The van der Waals surface area contributed by atoms with Gasteiger partial charge in [0.25, 0.3) is 0 Å². The number of halogens is 1. The number of aryl methyl sites for hydroxylation is 1. The van der Waals surface area contributed by atoms with Crippen molar-refractivity contribution in [3.8, 4) is 0 Å². The van der Waals surface area contributed by atoms with Crippen LogP contribution in [0.3, 0.4) is 0 Å². The number of rotatable bonds is 4. The highest BCUT2D eigenvalue weighted by Gasteiger charge is 2.16. The van der Waals surface area contributed by atoms with Gasteiger partial charge in [-0.2, -0.15) is 5.10 Å². The number of aromatic nitrogens is 4. The van der Waals surface area contributed by atoms with Crippen LogP contribution >= 0.6 is 11.6 Å². The Morgan fingerprint density at radius 2 is 2.11 bits per heavy atom. The van der Waals surface area contributed by atoms with Crippen LogP contribution in [-0.2, 0) is 23.6 Å². The van der Waals surface area contributed by atoms with Crippen molar-refractivity contribution in [2.75, 3.05) is 0 Å². The van der Waals surface area contributed by atoms with Gasteiger partial charge in [-0.3, -0.25) is 9.67 Å². The summed E-state index contributed by atoms with van der Waals surface area (Å²) in [6.07, 6.45) is 5.54. The van der Waals surface area contributed by atoms with E-state index in [0.717, 1.165) is 0 Å². The van der Waals surface area contributed by atoms with Gasteiger partial charge in [-0.15, -0.1) is 0 Å². The summed E-state index contributed by atoms with van der Waals surface area (Å²) in [6.45, 7) is -0.0239. The maximum atomic E-state index is 11.9. The molecule has 0 amide bonds. The molecule has 0 atom stereocenters. The molecule has 1 N–H and O–H groups in total. The molecule has 18 heavy (non-hydrogen) atoms. The zero-order valence-electron chi connectivity index (χ0n) is 9.41. The SMILES string of the molecule is Cn1cc(S(=O)(=O)NCc2nccnc2Cl)cn1. The molecule has 7 nitrogen and oxygen atoms in total. The molecule has 0 fully saturated rings. The minimum Gasteiger partial charge on any atom is -0.274 e. The van der Waals surface area contributed by atoms with Gasteiger partial charge in [-0.1, -0.05) is 11.6 Å². The summed E-state index contributed by atoms with van der Waals surface area (Å²) >= 11 is 5.78. The van der Waals surface area contributed by atoms with Crippen molar-refractivity contribution in [2.24, 2.45) is 7.05 Å². The first-order chi connectivity index (χ1) is 8.49. The normalized spacial score (nSPS) is 11.7. The van der Waals surface area contributed by atoms with Crippen LogP contribution < -0.4 is 4.72 Å². The highest BCUT2D eigenvalue weighted by molar-refractivity contribution is 7.89. The van der Waals surface area contributed by atoms with Crippen molar-refractivity contribution < 1.29 is 8.42 Å². The lowest BCUT2D eigenvalue weighted by Gasteiger charge is -2.04. The summed E-state index contributed by atoms with van der Waals surface area (Å²) in [4.78, 5) is 7.83. The summed E-state index contributed by atoms with van der Waals surface area (Å²) in [7, 11) is -1.98. The quantitative estimate of drug-likeness (QED) is 0.876. The number of sulfonamides is 1. The Hall–Kier alpha value is -1.51. The van der Waals surface area contributed by atoms with E-state index in [0.29, 0.717) is 5.69 Å². The Bertz CT molecular complexity index is 654. The van der Waals surface area contributed by atoms with Gasteiger partial charge < -0.3 is 0 Å². The fourth-order valence-electron chi connectivity index (χ4n) is 1.25. The molecule has 0 saturated heterocycles. The lowest BCUT2D eigenvalue weighted by Crippen LogP contribution is -2.23. The van der Waals surface area contributed by atoms with E-state index in [1.165, 1.54) is 29.5 Å². The van der Waals surface area contributed by atoms with Gasteiger partial charge in [-0.05, 0) is 0 Å². The fourth-order valence-corrected chi connectivity index (χ4v) is 2.40. The van der Waals surface area contributed by atoms with Crippen LogP contribution in [0.5, 0.6) is 0 Å². The second-order valence-corrected chi connectivity index (χ2v) is 5.59. The lowest BCUT2D eigenvalue weighted by molar-refractivity contribution is 0.580. The number of hydrogen-bond donors (Lipinski definition) is 1. The van der Waals surface area contributed by atoms with Gasteiger partial charge in [-0.25, -0.2) is 18.1 Å². The van der Waals surface area contributed by atoms with E-state index < -0.39 is 10.0 Å². The van der Waals surface area contributed by atoms with E-state index in [1.807, 2.05) is 0 Å². The summed E-state index contributed by atoms with van der Waals surface area (Å²) < 4.78 is 27.5. The Morgan fingerprint density at radius 3 is 2.72 bits per heavy atom. The van der Waals surface area contributed by atoms with Crippen molar-refractivity contribution in [1.82, 2.24) is 24.5 Å². The molecule has 2 aromatic heterocycles. The van der Waals surface area contributed by atoms with E-state index in [9.17, 15) is 8.42 Å². The van der Waals surface area contributed by atoms with Crippen LogP contribution in [0.15, 0.2) is 29.7 Å². The molecular formula is C9H10ClN5O2S. The fraction of sp³-hybridized carbons (Fsp3) is 0.222. The first-order valence-corrected chi connectivity index (χ1v) is 6.79. The predicted octanol–water partition coefficient (Wildman–Crippen LogP) is 0.342. The largest absolute Gasteiger partial charge is 0.274 e. The van der Waals surface area contributed by atoms with Crippen LogP contribution in [0, 0.1) is 0 Å². The Balaban J connectivity index is 2.13. The molecule has 0 saturated carbocycles. The molecule has 9 heteroatoms. The van der Waals surface area contributed by atoms with Crippen molar-refractivity contribution in [3.63, 3.8) is 0 Å². The van der Waals surface area contributed by atoms with Crippen LogP contribution in [0.2, 0.25) is 5.15 Å². The topological polar surface area (TPSA) is 89.8 Å². The zero-order valence-corrected chi connectivity index (χ0v) is 11.0. The van der Waals surface area contributed by atoms with Gasteiger partial charge in [0, 0.05) is 25.6 Å². The maximum Gasteiger partial charge on any atom is 0.244 e. The molecule has 0 spiro atoms. The van der Waals surface area contributed by atoms with Gasteiger partial charge in [0.05, 0.1) is 18.4 Å². The second-order valence-electron chi connectivity index (χ2n) is 3.47. The van der Waals surface area contributed by atoms with Gasteiger partial charge >= 0.3 is 0 Å². The molecular weight excluding hydrogens is 278 g/mol. The Morgan fingerprint density at radius 1 is 1.39 bits per heavy atom. The van der Waals surface area contributed by atoms with Crippen molar-refractivity contribution in [1.29, 1.82) is 0 Å². The van der Waals surface area contributed by atoms with E-state index >= 15 is 0 Å². The smallest absolute Gasteiger partial charge is 0.244 e. The predicted molar refractivity (Wildman–Crippen MR) is 64.3 cm³/mol. The second kappa shape index (κ2) is 5.01. The summed E-state index contributed by atoms with van der Waals surface area (Å²) in [5.74, 6) is 0. The van der Waals surface area contributed by atoms with Crippen molar-refractivity contribution >= 4 is 21.6 Å². The molecule has 0 radical (unpaired) electrons. The Labute approximate surface area is 109 Å². The van der Waals surface area contributed by atoms with E-state index in [1.54, 1.807) is 7.05 Å². The molecule has 0 bridgehead atoms. The third-order valence-electron chi connectivity index (χ3n) is 2.14. The first-order valence-electron chi connectivity index (χ1n) is 4.93. The molecule has 2 rings (SSSR count). The van der Waals surface area contributed by atoms with Gasteiger partial charge in [0.1, 0.15) is 4.90 Å². The molecule has 0 aromatic carbocycles. The molecule has 96 valence electrons. The Kier molecular flexibility index (Phi) is 3.60. The minimum absolute atomic E-state index is 0.0239. The minimum atomic E-state index is -3.61. The average Bonchev–Trinajstić information content (AvgIpc) is 2.76. The van der Waals surface area contributed by atoms with Gasteiger partial charge in [0.15, 0.2) is 5.15 Å². The van der Waals surface area contributed by atoms with Crippen LogP contribution in [0.4, 0.5) is 0 Å². The standard InChI is InChI=1S/C9H10ClN5O2S/c1-15-6-7(4-13-15)18(16,17)14-5-8-9(10)12-3-2-11-8/h2-4,6,14H,5H2,1H3. The lowest BCUT2D eigenvalue weighted by atomic mass is 10.5. The molecule has 0 aliphatic heterocycles. The molecule has 0 aliphatic carbocycles. The number of hydrogen-bond acceptors (Lipinski definition) is 5. The average molecular weight is 288 g/mol. The number of nitrogens with one attached hydrogen (secondary N) is 1. The van der Waals surface area contributed by atoms with Crippen molar-refractivity contribution in [3.05, 3.63) is 35.6 Å². The summed E-state index contributed by atoms with van der Waals surface area (Å²) in [6, 6.07) is 0. The third-order valence-corrected chi connectivity index (χ3v) is 3.82. The molecule has 2 heterocycles. The first kappa shape index (κ1) is 12.9. The van der Waals surface area contributed by atoms with Crippen LogP contribution in [0.1, 0.15) is 5.69 Å². The van der Waals surface area contributed by atoms with E-state index in [2.05, 4.69) is 19.8 Å². The number of nitrogens with zero attached hydrogens (tertiary/aromatic N) is 4. The molecule has 2 aromatic rings. The molecule has 0 aliphatic rings. The summed E-state index contributed by atoms with van der Waals surface area (Å²) in [5.41, 5.74) is 0.367. The van der Waals surface area contributed by atoms with E-state index in [4.69, 9.17) is 11.6 Å². The van der Waals surface area contributed by atoms with Crippen LogP contribution in [-0.4, -0.2) is 28.2 Å². The molecule has 0 unspecified atom stereocenters. The van der Waals surface area contributed by atoms with Gasteiger partial charge in [0.2, 0.25) is 10.0 Å². The zero-order chi connectivity index (χ0) is 13.2. The highest BCUT2D eigenvalue weighted by Crippen LogP contribution is 2.10. The highest BCUT2D eigenvalue weighted by atomic mass is 35.5. The monoisotopic (exact) mass is 287 g/mol. The van der Waals surface area contributed by atoms with E-state index in [-0.39, 0.29) is 16.6 Å². The third kappa shape index (κ3) is 2.84. The van der Waals surface area contributed by atoms with Crippen LogP contribution in [0.25, 0.3) is 0 Å². The maximum absolute atomic E-state index is 11.9. The van der Waals surface area contributed by atoms with Crippen molar-refractivity contribution in [2.45, 2.75) is 11.4 Å².